The number of nitrogens with zero attached hydrogens (tertiary/aromatic N) is 4. The molecule has 26 heavy (non-hydrogen) atoms. The molecule has 0 aliphatic heterocycles. The van der Waals surface area contributed by atoms with Crippen LogP contribution in [0.25, 0.3) is 11.4 Å². The van der Waals surface area contributed by atoms with Crippen LogP contribution >= 0.6 is 0 Å². The normalized spacial score (nSPS) is 11.5. The zero-order valence-electron chi connectivity index (χ0n) is 13.9. The molecule has 0 amide bonds. The Morgan fingerprint density at radius 1 is 1.12 bits per heavy atom. The molecule has 0 bridgehead atoms. The smallest absolute Gasteiger partial charge is 0.292 e. The number of ketones is 1. The van der Waals surface area contributed by atoms with E-state index >= 15 is 0 Å². The lowest BCUT2D eigenvalue weighted by molar-refractivity contribution is -0.137. The molecular formula is C18H15F3N4O. The molecule has 1 heterocycles. The first kappa shape index (κ1) is 17.8. The van der Waals surface area contributed by atoms with Crippen molar-refractivity contribution in [2.24, 2.45) is 0 Å². The zero-order chi connectivity index (χ0) is 18.7. The SMILES string of the molecule is CCc1ccc(C(=O)Cn2nnc(-c3cccc(C(F)(F)F)c3)n2)cc1. The number of Topliss-reactive ketones (excluding diaryl/α,β-unsaturated/α-hetero) is 1. The highest BCUT2D eigenvalue weighted by molar-refractivity contribution is 5.95. The van der Waals surface area contributed by atoms with Crippen LogP contribution in [0.1, 0.15) is 28.4 Å². The first-order chi connectivity index (χ1) is 12.4. The molecule has 5 nitrogen and oxygen atoms in total. The Morgan fingerprint density at radius 3 is 2.50 bits per heavy atom. The molecule has 0 saturated heterocycles. The molecule has 0 N–H and O–H groups in total. The number of benzene rings is 2. The lowest BCUT2D eigenvalue weighted by atomic mass is 10.1. The lowest BCUT2D eigenvalue weighted by Crippen LogP contribution is -2.13. The molecule has 134 valence electrons. The highest BCUT2D eigenvalue weighted by atomic mass is 19.4. The molecule has 3 aromatic rings. The number of rotatable bonds is 5. The van der Waals surface area contributed by atoms with Crippen LogP contribution in [0.15, 0.2) is 48.5 Å². The van der Waals surface area contributed by atoms with Gasteiger partial charge in [-0.3, -0.25) is 4.79 Å². The maximum Gasteiger partial charge on any atom is 0.416 e. The van der Waals surface area contributed by atoms with Gasteiger partial charge in [0.2, 0.25) is 5.82 Å². The van der Waals surface area contributed by atoms with E-state index in [1.165, 1.54) is 12.1 Å². The molecule has 0 unspecified atom stereocenters. The average Bonchev–Trinajstić information content (AvgIpc) is 3.09. The lowest BCUT2D eigenvalue weighted by Gasteiger charge is -2.06. The predicted molar refractivity (Wildman–Crippen MR) is 88.4 cm³/mol. The molecule has 0 radical (unpaired) electrons. The van der Waals surface area contributed by atoms with Gasteiger partial charge in [-0.25, -0.2) is 0 Å². The van der Waals surface area contributed by atoms with Crippen molar-refractivity contribution in [2.75, 3.05) is 0 Å². The van der Waals surface area contributed by atoms with Gasteiger partial charge < -0.3 is 0 Å². The Labute approximate surface area is 147 Å². The predicted octanol–water partition coefficient (Wildman–Crippen LogP) is 3.80. The van der Waals surface area contributed by atoms with Crippen molar-refractivity contribution in [3.63, 3.8) is 0 Å². The Bertz CT molecular complexity index is 917. The summed E-state index contributed by atoms with van der Waals surface area (Å²) in [5.74, 6) is -0.175. The van der Waals surface area contributed by atoms with Crippen LogP contribution in [0, 0.1) is 0 Å². The van der Waals surface area contributed by atoms with Gasteiger partial charge in [0.05, 0.1) is 5.56 Å². The van der Waals surface area contributed by atoms with E-state index < -0.39 is 11.7 Å². The molecule has 0 fully saturated rings. The molecular weight excluding hydrogens is 345 g/mol. The van der Waals surface area contributed by atoms with Crippen molar-refractivity contribution in [1.82, 2.24) is 20.2 Å². The van der Waals surface area contributed by atoms with Crippen LogP contribution in [0.3, 0.4) is 0 Å². The van der Waals surface area contributed by atoms with Crippen LogP contribution in [0.2, 0.25) is 0 Å². The van der Waals surface area contributed by atoms with Gasteiger partial charge >= 0.3 is 6.18 Å². The number of hydrogen-bond donors (Lipinski definition) is 0. The van der Waals surface area contributed by atoms with Gasteiger partial charge in [0, 0.05) is 11.1 Å². The van der Waals surface area contributed by atoms with Crippen LogP contribution in [-0.2, 0) is 19.1 Å². The summed E-state index contributed by atoms with van der Waals surface area (Å²) in [6.45, 7) is 1.88. The number of halogens is 3. The maximum absolute atomic E-state index is 12.8. The second kappa shape index (κ2) is 7.07. The maximum atomic E-state index is 12.8. The second-order valence-electron chi connectivity index (χ2n) is 5.70. The number of aryl methyl sites for hydroxylation is 1. The van der Waals surface area contributed by atoms with Gasteiger partial charge in [0.25, 0.3) is 0 Å². The van der Waals surface area contributed by atoms with Crippen LogP contribution in [0.4, 0.5) is 13.2 Å². The summed E-state index contributed by atoms with van der Waals surface area (Å²) in [6.07, 6.45) is -3.58. The van der Waals surface area contributed by atoms with Crippen molar-refractivity contribution < 1.29 is 18.0 Å². The summed E-state index contributed by atoms with van der Waals surface area (Å²) in [5.41, 5.74) is 1.02. The Hall–Kier alpha value is -3.03. The quantitative estimate of drug-likeness (QED) is 0.649. The summed E-state index contributed by atoms with van der Waals surface area (Å²) in [5, 5.41) is 11.5. The minimum atomic E-state index is -4.45. The number of tetrazole rings is 1. The largest absolute Gasteiger partial charge is 0.416 e. The first-order valence-electron chi connectivity index (χ1n) is 7.94. The summed E-state index contributed by atoms with van der Waals surface area (Å²) in [7, 11) is 0. The highest BCUT2D eigenvalue weighted by Crippen LogP contribution is 2.31. The molecule has 0 aliphatic rings. The summed E-state index contributed by atoms with van der Waals surface area (Å²) < 4.78 is 38.4. The van der Waals surface area contributed by atoms with Gasteiger partial charge in [-0.2, -0.15) is 18.0 Å². The average molecular weight is 360 g/mol. The van der Waals surface area contributed by atoms with E-state index in [-0.39, 0.29) is 23.7 Å². The van der Waals surface area contributed by atoms with Gasteiger partial charge in [-0.15, -0.1) is 10.2 Å². The highest BCUT2D eigenvalue weighted by Gasteiger charge is 2.30. The zero-order valence-corrected chi connectivity index (χ0v) is 13.9. The Morgan fingerprint density at radius 2 is 1.85 bits per heavy atom. The molecule has 1 aromatic heterocycles. The van der Waals surface area contributed by atoms with Crippen LogP contribution in [-0.4, -0.2) is 26.0 Å². The fourth-order valence-electron chi connectivity index (χ4n) is 2.41. The molecule has 3 rings (SSSR count). The van der Waals surface area contributed by atoms with E-state index in [1.54, 1.807) is 12.1 Å². The van der Waals surface area contributed by atoms with Crippen molar-refractivity contribution in [3.05, 3.63) is 65.2 Å². The number of aromatic nitrogens is 4. The monoisotopic (exact) mass is 360 g/mol. The van der Waals surface area contributed by atoms with E-state index in [0.717, 1.165) is 28.9 Å². The van der Waals surface area contributed by atoms with Crippen molar-refractivity contribution in [1.29, 1.82) is 0 Å². The number of carbonyl (C=O) groups excluding carboxylic acids is 1. The van der Waals surface area contributed by atoms with Gasteiger partial charge in [-0.1, -0.05) is 43.3 Å². The second-order valence-corrected chi connectivity index (χ2v) is 5.70. The Kier molecular flexibility index (Phi) is 4.83. The van der Waals surface area contributed by atoms with E-state index in [2.05, 4.69) is 15.4 Å². The fourth-order valence-corrected chi connectivity index (χ4v) is 2.41. The van der Waals surface area contributed by atoms with Gasteiger partial charge in [-0.05, 0) is 29.3 Å². The minimum Gasteiger partial charge on any atom is -0.292 e. The third-order valence-corrected chi connectivity index (χ3v) is 3.87. The standard InChI is InChI=1S/C18H15F3N4O/c1-2-12-6-8-13(9-7-12)16(26)11-25-23-17(22-24-25)14-4-3-5-15(10-14)18(19,20)21/h3-10H,2,11H2,1H3. The van der Waals surface area contributed by atoms with E-state index in [4.69, 9.17) is 0 Å². The number of carbonyl (C=O) groups is 1. The molecule has 0 saturated carbocycles. The number of hydrogen-bond acceptors (Lipinski definition) is 4. The van der Waals surface area contributed by atoms with Crippen molar-refractivity contribution in [3.8, 4) is 11.4 Å². The summed E-state index contributed by atoms with van der Waals surface area (Å²) in [6, 6.07) is 11.9. The van der Waals surface area contributed by atoms with Gasteiger partial charge in [0.15, 0.2) is 5.78 Å². The van der Waals surface area contributed by atoms with Crippen LogP contribution in [0.5, 0.6) is 0 Å². The molecule has 8 heteroatoms. The minimum absolute atomic E-state index is 0.0326. The topological polar surface area (TPSA) is 60.7 Å². The molecule has 0 aliphatic carbocycles. The molecule has 0 atom stereocenters. The first-order valence-corrected chi connectivity index (χ1v) is 7.94. The van der Waals surface area contributed by atoms with Crippen LogP contribution < -0.4 is 0 Å². The van der Waals surface area contributed by atoms with E-state index in [0.29, 0.717) is 5.56 Å². The van der Waals surface area contributed by atoms with E-state index in [1.807, 2.05) is 19.1 Å². The van der Waals surface area contributed by atoms with Crippen molar-refractivity contribution >= 4 is 5.78 Å². The third kappa shape index (κ3) is 3.96. The van der Waals surface area contributed by atoms with Crippen molar-refractivity contribution in [2.45, 2.75) is 26.1 Å². The van der Waals surface area contributed by atoms with Gasteiger partial charge in [0.1, 0.15) is 6.54 Å². The number of alkyl halides is 3. The molecule has 2 aromatic carbocycles. The van der Waals surface area contributed by atoms with E-state index in [9.17, 15) is 18.0 Å². The third-order valence-electron chi connectivity index (χ3n) is 3.87. The summed E-state index contributed by atoms with van der Waals surface area (Å²) >= 11 is 0. The summed E-state index contributed by atoms with van der Waals surface area (Å²) in [4.78, 5) is 13.3. The fraction of sp³-hybridized carbons (Fsp3) is 0.222. The molecule has 0 spiro atoms. The Balaban J connectivity index is 1.76.